The van der Waals surface area contributed by atoms with Gasteiger partial charge in [-0.05, 0) is 18.2 Å². The first-order chi connectivity index (χ1) is 13.8. The van der Waals surface area contributed by atoms with Gasteiger partial charge in [0.25, 0.3) is 0 Å². The van der Waals surface area contributed by atoms with Crippen molar-refractivity contribution < 1.29 is 14.2 Å². The van der Waals surface area contributed by atoms with Crippen LogP contribution in [0.3, 0.4) is 0 Å². The Kier molecular flexibility index (Phi) is 4.72. The van der Waals surface area contributed by atoms with Gasteiger partial charge in [0.2, 0.25) is 0 Å². The number of H-pyrrole nitrogens is 1. The van der Waals surface area contributed by atoms with Crippen molar-refractivity contribution in [2.24, 2.45) is 0 Å². The summed E-state index contributed by atoms with van der Waals surface area (Å²) in [7, 11) is 0. The predicted molar refractivity (Wildman–Crippen MR) is 102 cm³/mol. The molecule has 0 fully saturated rings. The number of ether oxygens (including phenoxy) is 3. The minimum Gasteiger partial charge on any atom is -0.490 e. The number of rotatable bonds is 5. The van der Waals surface area contributed by atoms with Gasteiger partial charge in [0, 0.05) is 37.1 Å². The van der Waals surface area contributed by atoms with Crippen molar-refractivity contribution in [1.82, 2.24) is 24.8 Å². The summed E-state index contributed by atoms with van der Waals surface area (Å²) in [6.07, 6.45) is 6.68. The Bertz CT molecular complexity index is 937. The highest BCUT2D eigenvalue weighted by Crippen LogP contribution is 2.34. The number of imidazole rings is 2. The number of hydrogen-bond donors (Lipinski definition) is 2. The second kappa shape index (κ2) is 7.65. The second-order valence-corrected chi connectivity index (χ2v) is 7.01. The fraction of sp³-hybridized carbons (Fsp3) is 0.400. The third-order valence-electron chi connectivity index (χ3n) is 4.97. The molecule has 0 saturated heterocycles. The molecule has 0 bridgehead atoms. The molecule has 146 valence electrons. The van der Waals surface area contributed by atoms with Crippen LogP contribution in [0.4, 0.5) is 0 Å². The molecule has 8 nitrogen and oxygen atoms in total. The Labute approximate surface area is 162 Å². The van der Waals surface area contributed by atoms with E-state index in [1.54, 1.807) is 6.20 Å². The molecule has 3 aromatic rings. The highest BCUT2D eigenvalue weighted by Gasteiger charge is 2.22. The number of aromatic amines is 1. The molecular formula is C20H23N5O3. The summed E-state index contributed by atoms with van der Waals surface area (Å²) in [5.74, 6) is 3.47. The van der Waals surface area contributed by atoms with Gasteiger partial charge in [0.15, 0.2) is 11.5 Å². The Morgan fingerprint density at radius 2 is 2.14 bits per heavy atom. The van der Waals surface area contributed by atoms with Crippen LogP contribution in [-0.2, 0) is 24.4 Å². The molecule has 1 unspecified atom stereocenters. The van der Waals surface area contributed by atoms with E-state index >= 15 is 0 Å². The average Bonchev–Trinajstić information content (AvgIpc) is 3.32. The minimum atomic E-state index is 0.105. The molecular weight excluding hydrogens is 358 g/mol. The quantitative estimate of drug-likeness (QED) is 0.704. The van der Waals surface area contributed by atoms with Gasteiger partial charge >= 0.3 is 0 Å². The molecule has 2 aliphatic rings. The lowest BCUT2D eigenvalue weighted by Gasteiger charge is -2.24. The van der Waals surface area contributed by atoms with Gasteiger partial charge in [-0.2, -0.15) is 0 Å². The van der Waals surface area contributed by atoms with Crippen LogP contribution in [-0.4, -0.2) is 45.4 Å². The molecule has 0 saturated carbocycles. The van der Waals surface area contributed by atoms with Crippen LogP contribution in [0.1, 0.15) is 18.1 Å². The van der Waals surface area contributed by atoms with Gasteiger partial charge in [-0.1, -0.05) is 0 Å². The third kappa shape index (κ3) is 3.61. The molecule has 2 aromatic heterocycles. The van der Waals surface area contributed by atoms with Crippen LogP contribution in [0, 0.1) is 0 Å². The van der Waals surface area contributed by atoms with Gasteiger partial charge in [-0.25, -0.2) is 9.97 Å². The van der Waals surface area contributed by atoms with Gasteiger partial charge in [-0.3, -0.25) is 0 Å². The van der Waals surface area contributed by atoms with Crippen LogP contribution >= 0.6 is 0 Å². The normalized spacial score (nSPS) is 18.5. The van der Waals surface area contributed by atoms with Crippen molar-refractivity contribution in [3.05, 3.63) is 48.4 Å². The Balaban J connectivity index is 1.26. The molecule has 5 rings (SSSR count). The number of nitrogens with zero attached hydrogens (tertiary/aromatic N) is 3. The number of fused-ring (bicyclic) bond motifs is 2. The van der Waals surface area contributed by atoms with Crippen molar-refractivity contribution in [3.8, 4) is 22.8 Å². The molecule has 2 aliphatic heterocycles. The Hall–Kier alpha value is -2.84. The zero-order chi connectivity index (χ0) is 18.8. The van der Waals surface area contributed by atoms with Gasteiger partial charge < -0.3 is 29.1 Å². The van der Waals surface area contributed by atoms with Gasteiger partial charge in [0.05, 0.1) is 38.1 Å². The highest BCUT2D eigenvalue weighted by molar-refractivity contribution is 5.64. The molecule has 28 heavy (non-hydrogen) atoms. The summed E-state index contributed by atoms with van der Waals surface area (Å²) in [6, 6.07) is 6.01. The van der Waals surface area contributed by atoms with E-state index in [1.807, 2.05) is 24.4 Å². The summed E-state index contributed by atoms with van der Waals surface area (Å²) in [5.41, 5.74) is 1.96. The first-order valence-electron chi connectivity index (χ1n) is 9.62. The van der Waals surface area contributed by atoms with Crippen molar-refractivity contribution in [1.29, 1.82) is 0 Å². The van der Waals surface area contributed by atoms with E-state index in [0.717, 1.165) is 53.9 Å². The maximum absolute atomic E-state index is 5.96. The van der Waals surface area contributed by atoms with Gasteiger partial charge in [0.1, 0.15) is 18.3 Å². The minimum absolute atomic E-state index is 0.105. The van der Waals surface area contributed by atoms with E-state index in [4.69, 9.17) is 19.2 Å². The smallest absolute Gasteiger partial charge is 0.161 e. The number of benzene rings is 1. The standard InChI is InChI=1S/C20H23N5O3/c1-6-26-17-3-2-14(8-18(17)27-7-1)16-12-25-11-15(28-13-20(25)24-16)9-21-10-19-22-4-5-23-19/h2-5,8,12,15,21H,1,6-7,9-11,13H2,(H,22,23). The third-order valence-corrected chi connectivity index (χ3v) is 4.97. The fourth-order valence-electron chi connectivity index (χ4n) is 3.52. The molecule has 4 heterocycles. The van der Waals surface area contributed by atoms with E-state index in [2.05, 4.69) is 26.0 Å². The highest BCUT2D eigenvalue weighted by atomic mass is 16.5. The SMILES string of the molecule is c1c[nH]c(CNCC2Cn3cc(-c4ccc5c(c4)OCCCO5)nc3CO2)n1. The summed E-state index contributed by atoms with van der Waals surface area (Å²) in [4.78, 5) is 12.1. The van der Waals surface area contributed by atoms with E-state index in [-0.39, 0.29) is 6.10 Å². The zero-order valence-corrected chi connectivity index (χ0v) is 15.6. The Morgan fingerprint density at radius 1 is 1.21 bits per heavy atom. The van der Waals surface area contributed by atoms with Crippen molar-refractivity contribution in [2.45, 2.75) is 32.2 Å². The first-order valence-corrected chi connectivity index (χ1v) is 9.62. The van der Waals surface area contributed by atoms with Crippen molar-refractivity contribution in [3.63, 3.8) is 0 Å². The lowest BCUT2D eigenvalue weighted by molar-refractivity contribution is 0.00271. The molecule has 0 aliphatic carbocycles. The van der Waals surface area contributed by atoms with E-state index in [9.17, 15) is 0 Å². The van der Waals surface area contributed by atoms with Gasteiger partial charge in [-0.15, -0.1) is 0 Å². The molecule has 1 aromatic carbocycles. The summed E-state index contributed by atoms with van der Waals surface area (Å²) < 4.78 is 19.7. The number of aromatic nitrogens is 4. The lowest BCUT2D eigenvalue weighted by Crippen LogP contribution is -2.36. The van der Waals surface area contributed by atoms with Crippen LogP contribution < -0.4 is 14.8 Å². The Morgan fingerprint density at radius 3 is 3.04 bits per heavy atom. The summed E-state index contributed by atoms with van der Waals surface area (Å²) >= 11 is 0. The molecule has 0 amide bonds. The summed E-state index contributed by atoms with van der Waals surface area (Å²) in [5, 5.41) is 3.38. The van der Waals surface area contributed by atoms with Crippen LogP contribution in [0.15, 0.2) is 36.8 Å². The maximum Gasteiger partial charge on any atom is 0.161 e. The molecule has 0 spiro atoms. The number of nitrogens with one attached hydrogen (secondary N) is 2. The lowest BCUT2D eigenvalue weighted by atomic mass is 10.1. The monoisotopic (exact) mass is 381 g/mol. The zero-order valence-electron chi connectivity index (χ0n) is 15.6. The molecule has 8 heteroatoms. The van der Waals surface area contributed by atoms with Crippen LogP contribution in [0.25, 0.3) is 11.3 Å². The largest absolute Gasteiger partial charge is 0.490 e. The van der Waals surface area contributed by atoms with Crippen molar-refractivity contribution in [2.75, 3.05) is 19.8 Å². The van der Waals surface area contributed by atoms with E-state index in [1.165, 1.54) is 0 Å². The summed E-state index contributed by atoms with van der Waals surface area (Å²) in [6.45, 7) is 4.12. The van der Waals surface area contributed by atoms with E-state index in [0.29, 0.717) is 26.4 Å². The van der Waals surface area contributed by atoms with Crippen LogP contribution in [0.2, 0.25) is 0 Å². The van der Waals surface area contributed by atoms with Crippen molar-refractivity contribution >= 4 is 0 Å². The molecule has 1 atom stereocenters. The first kappa shape index (κ1) is 17.3. The van der Waals surface area contributed by atoms with E-state index < -0.39 is 0 Å². The maximum atomic E-state index is 5.96. The average molecular weight is 381 g/mol. The molecule has 0 radical (unpaired) electrons. The molecule has 2 N–H and O–H groups in total. The second-order valence-electron chi connectivity index (χ2n) is 7.01. The fourth-order valence-corrected chi connectivity index (χ4v) is 3.52. The topological polar surface area (TPSA) is 86.2 Å². The number of hydrogen-bond acceptors (Lipinski definition) is 6. The van der Waals surface area contributed by atoms with Crippen LogP contribution in [0.5, 0.6) is 11.5 Å². The predicted octanol–water partition coefficient (Wildman–Crippen LogP) is 2.12.